The van der Waals surface area contributed by atoms with Crippen molar-refractivity contribution in [3.63, 3.8) is 0 Å². The molecule has 0 atom stereocenters. The summed E-state index contributed by atoms with van der Waals surface area (Å²) in [6, 6.07) is 4.30. The number of carbonyl (C=O) groups excluding carboxylic acids is 1. The number of hydrogen-bond acceptors (Lipinski definition) is 5. The molecule has 1 aliphatic heterocycles. The first-order valence-electron chi connectivity index (χ1n) is 10.1. The number of amides is 1. The average molecular weight is 443 g/mol. The topological polar surface area (TPSA) is 85.5 Å². The van der Waals surface area contributed by atoms with Crippen LogP contribution in [0.5, 0.6) is 11.5 Å². The minimum absolute atomic E-state index is 0.148. The van der Waals surface area contributed by atoms with Gasteiger partial charge in [-0.25, -0.2) is 4.39 Å². The summed E-state index contributed by atoms with van der Waals surface area (Å²) >= 11 is 0. The molecule has 3 heterocycles. The van der Waals surface area contributed by atoms with Crippen molar-refractivity contribution in [1.82, 2.24) is 15.3 Å². The molecule has 0 saturated carbocycles. The molecule has 1 aromatic carbocycles. The molecule has 0 unspecified atom stereocenters. The minimum atomic E-state index is -1.06. The third-order valence-electron chi connectivity index (χ3n) is 5.37. The molecule has 2 N–H and O–H groups in total. The Bertz CT molecular complexity index is 1150. The van der Waals surface area contributed by atoms with Crippen molar-refractivity contribution in [3.05, 3.63) is 64.6 Å². The first-order valence-corrected chi connectivity index (χ1v) is 10.1. The Balaban J connectivity index is 1.85. The fourth-order valence-electron chi connectivity index (χ4n) is 3.91. The number of carbonyl (C=O) groups is 1. The average Bonchev–Trinajstić information content (AvgIpc) is 3.16. The van der Waals surface area contributed by atoms with Crippen LogP contribution in [0.2, 0.25) is 0 Å². The van der Waals surface area contributed by atoms with E-state index < -0.39 is 11.6 Å². The van der Waals surface area contributed by atoms with Gasteiger partial charge in [-0.15, -0.1) is 0 Å². The number of pyridine rings is 1. The summed E-state index contributed by atoms with van der Waals surface area (Å²) in [6.07, 6.45) is 3.98. The van der Waals surface area contributed by atoms with Gasteiger partial charge in [-0.1, -0.05) is 6.07 Å². The highest BCUT2D eigenvalue weighted by Gasteiger charge is 2.29. The van der Waals surface area contributed by atoms with Crippen molar-refractivity contribution in [2.45, 2.75) is 12.8 Å². The molecule has 2 aromatic heterocycles. The van der Waals surface area contributed by atoms with Gasteiger partial charge in [0.2, 0.25) is 5.82 Å². The van der Waals surface area contributed by atoms with E-state index >= 15 is 0 Å². The van der Waals surface area contributed by atoms with Gasteiger partial charge in [0, 0.05) is 49.5 Å². The molecule has 3 aromatic rings. The summed E-state index contributed by atoms with van der Waals surface area (Å²) < 4.78 is 44.1. The SMILES string of the molecule is COCCOc1cnccc1-c1[nH]c2c(c1Cc1ccc(F)c(F)c1OC)C(=O)NCC2. The lowest BCUT2D eigenvalue weighted by Gasteiger charge is -2.16. The monoisotopic (exact) mass is 443 g/mol. The molecule has 0 spiro atoms. The van der Waals surface area contributed by atoms with E-state index in [2.05, 4.69) is 15.3 Å². The molecular weight excluding hydrogens is 420 g/mol. The quantitative estimate of drug-likeness (QED) is 0.522. The standard InChI is InChI=1S/C23H23F2N3O4/c1-30-9-10-32-18-12-26-7-5-14(18)21-15(19-17(28-21)6-8-27-23(19)29)11-13-3-4-16(24)20(25)22(13)31-2/h3-5,7,12,28H,6,8-11H2,1-2H3,(H,27,29). The zero-order chi connectivity index (χ0) is 22.7. The number of H-pyrrole nitrogens is 1. The minimum Gasteiger partial charge on any atom is -0.493 e. The number of halogens is 2. The highest BCUT2D eigenvalue weighted by Crippen LogP contribution is 2.38. The van der Waals surface area contributed by atoms with Crippen LogP contribution in [0.15, 0.2) is 30.6 Å². The smallest absolute Gasteiger partial charge is 0.253 e. The second kappa shape index (κ2) is 9.35. The summed E-state index contributed by atoms with van der Waals surface area (Å²) in [7, 11) is 2.87. The molecule has 1 aliphatic rings. The molecule has 0 bridgehead atoms. The first kappa shape index (κ1) is 21.8. The van der Waals surface area contributed by atoms with Crippen molar-refractivity contribution in [2.24, 2.45) is 0 Å². The van der Waals surface area contributed by atoms with Crippen LogP contribution in [0.3, 0.4) is 0 Å². The van der Waals surface area contributed by atoms with Crippen LogP contribution in [0, 0.1) is 11.6 Å². The summed E-state index contributed by atoms with van der Waals surface area (Å²) in [5, 5.41) is 2.85. The molecule has 0 saturated heterocycles. The number of rotatable bonds is 8. The molecular formula is C23H23F2N3O4. The van der Waals surface area contributed by atoms with Gasteiger partial charge in [0.1, 0.15) is 12.4 Å². The van der Waals surface area contributed by atoms with E-state index in [1.54, 1.807) is 25.6 Å². The molecule has 0 fully saturated rings. The van der Waals surface area contributed by atoms with Crippen molar-refractivity contribution in [2.75, 3.05) is 34.0 Å². The fourth-order valence-corrected chi connectivity index (χ4v) is 3.91. The molecule has 168 valence electrons. The number of benzene rings is 1. The number of methoxy groups -OCH3 is 2. The van der Waals surface area contributed by atoms with Crippen molar-refractivity contribution in [1.29, 1.82) is 0 Å². The number of nitrogens with zero attached hydrogens (tertiary/aromatic N) is 1. The molecule has 0 aliphatic carbocycles. The van der Waals surface area contributed by atoms with Gasteiger partial charge in [0.15, 0.2) is 11.6 Å². The van der Waals surface area contributed by atoms with E-state index in [9.17, 15) is 13.6 Å². The van der Waals surface area contributed by atoms with Crippen molar-refractivity contribution in [3.8, 4) is 22.8 Å². The zero-order valence-corrected chi connectivity index (χ0v) is 17.8. The van der Waals surface area contributed by atoms with E-state index in [0.717, 1.165) is 11.8 Å². The van der Waals surface area contributed by atoms with E-state index in [0.29, 0.717) is 59.9 Å². The molecule has 9 heteroatoms. The predicted molar refractivity (Wildman–Crippen MR) is 113 cm³/mol. The van der Waals surface area contributed by atoms with Crippen molar-refractivity contribution >= 4 is 5.91 Å². The summed E-state index contributed by atoms with van der Waals surface area (Å²) in [5.41, 5.74) is 3.70. The van der Waals surface area contributed by atoms with Crippen LogP contribution in [0.1, 0.15) is 27.2 Å². The second-order valence-electron chi connectivity index (χ2n) is 7.28. The van der Waals surface area contributed by atoms with Crippen LogP contribution >= 0.6 is 0 Å². The maximum atomic E-state index is 14.3. The van der Waals surface area contributed by atoms with Crippen molar-refractivity contribution < 1.29 is 27.8 Å². The number of aromatic nitrogens is 2. The Morgan fingerprint density at radius 1 is 1.16 bits per heavy atom. The fraction of sp³-hybridized carbons (Fsp3) is 0.304. The lowest BCUT2D eigenvalue weighted by molar-refractivity contribution is 0.0945. The van der Waals surface area contributed by atoms with Gasteiger partial charge in [-0.3, -0.25) is 9.78 Å². The van der Waals surface area contributed by atoms with Crippen LogP contribution in [0.4, 0.5) is 8.78 Å². The predicted octanol–water partition coefficient (Wildman–Crippen LogP) is 3.27. The highest BCUT2D eigenvalue weighted by molar-refractivity contribution is 6.00. The normalized spacial score (nSPS) is 12.9. The van der Waals surface area contributed by atoms with Gasteiger partial charge >= 0.3 is 0 Å². The second-order valence-corrected chi connectivity index (χ2v) is 7.28. The molecule has 1 amide bonds. The lowest BCUT2D eigenvalue weighted by atomic mass is 9.94. The van der Waals surface area contributed by atoms with Gasteiger partial charge in [-0.05, 0) is 17.7 Å². The first-order chi connectivity index (χ1) is 15.5. The van der Waals surface area contributed by atoms with E-state index in [1.807, 2.05) is 0 Å². The molecule has 4 rings (SSSR count). The molecule has 32 heavy (non-hydrogen) atoms. The number of hydrogen-bond donors (Lipinski definition) is 2. The number of fused-ring (bicyclic) bond motifs is 1. The Morgan fingerprint density at radius 2 is 2.00 bits per heavy atom. The van der Waals surface area contributed by atoms with E-state index in [4.69, 9.17) is 14.2 Å². The maximum absolute atomic E-state index is 14.3. The number of nitrogens with one attached hydrogen (secondary N) is 2. The lowest BCUT2D eigenvalue weighted by Crippen LogP contribution is -2.32. The Kier molecular flexibility index (Phi) is 6.36. The highest BCUT2D eigenvalue weighted by atomic mass is 19.2. The Labute approximate surface area is 183 Å². The van der Waals surface area contributed by atoms with Gasteiger partial charge < -0.3 is 24.5 Å². The zero-order valence-electron chi connectivity index (χ0n) is 17.8. The third kappa shape index (κ3) is 4.03. The van der Waals surface area contributed by atoms with E-state index in [1.165, 1.54) is 13.2 Å². The largest absolute Gasteiger partial charge is 0.493 e. The van der Waals surface area contributed by atoms with Gasteiger partial charge in [0.25, 0.3) is 5.91 Å². The number of ether oxygens (including phenoxy) is 3. The molecule has 7 nitrogen and oxygen atoms in total. The maximum Gasteiger partial charge on any atom is 0.253 e. The molecule has 0 radical (unpaired) electrons. The summed E-state index contributed by atoms with van der Waals surface area (Å²) in [4.78, 5) is 20.2. The van der Waals surface area contributed by atoms with Gasteiger partial charge in [-0.2, -0.15) is 4.39 Å². The summed E-state index contributed by atoms with van der Waals surface area (Å²) in [5.74, 6) is -1.95. The summed E-state index contributed by atoms with van der Waals surface area (Å²) in [6.45, 7) is 1.23. The third-order valence-corrected chi connectivity index (χ3v) is 5.37. The Morgan fingerprint density at radius 3 is 2.78 bits per heavy atom. The van der Waals surface area contributed by atoms with Crippen LogP contribution in [0.25, 0.3) is 11.3 Å². The Hall–Kier alpha value is -3.46. The number of aromatic amines is 1. The van der Waals surface area contributed by atoms with E-state index in [-0.39, 0.29) is 18.1 Å². The van der Waals surface area contributed by atoms with Crippen LogP contribution in [-0.4, -0.2) is 49.9 Å². The van der Waals surface area contributed by atoms with Crippen LogP contribution < -0.4 is 14.8 Å². The van der Waals surface area contributed by atoms with Crippen LogP contribution in [-0.2, 0) is 17.6 Å². The van der Waals surface area contributed by atoms with Gasteiger partial charge in [0.05, 0.1) is 31.2 Å².